The van der Waals surface area contributed by atoms with Gasteiger partial charge in [-0.2, -0.15) is 0 Å². The molecule has 2 aliphatic heterocycles. The number of fused-ring (bicyclic) bond motifs is 1. The molecule has 2 aliphatic rings. The standard InChI is InChI=1S/C15H20N2O3S/c16-9-14-13-4-2-1-3-11(13)5-7-17(14)15(18)12-6-8-21(19,20)10-12/h1-4,12,14H,5-10,16H2. The normalized spacial score (nSPS) is 27.4. The largest absolute Gasteiger partial charge is 0.334 e. The van der Waals surface area contributed by atoms with Crippen molar-refractivity contribution in [3.8, 4) is 0 Å². The van der Waals surface area contributed by atoms with Crippen LogP contribution in [0.5, 0.6) is 0 Å². The van der Waals surface area contributed by atoms with Crippen LogP contribution in [-0.4, -0.2) is 43.8 Å². The first-order valence-corrected chi connectivity index (χ1v) is 9.13. The maximum Gasteiger partial charge on any atom is 0.227 e. The summed E-state index contributed by atoms with van der Waals surface area (Å²) in [6, 6.07) is 7.89. The number of nitrogens with zero attached hydrogens (tertiary/aromatic N) is 1. The first kappa shape index (κ1) is 14.5. The molecule has 2 unspecified atom stereocenters. The smallest absolute Gasteiger partial charge is 0.227 e. The Hall–Kier alpha value is -1.40. The number of amides is 1. The van der Waals surface area contributed by atoms with E-state index >= 15 is 0 Å². The van der Waals surface area contributed by atoms with Crippen molar-refractivity contribution in [1.82, 2.24) is 4.90 Å². The van der Waals surface area contributed by atoms with E-state index in [-0.39, 0.29) is 23.5 Å². The number of benzene rings is 1. The van der Waals surface area contributed by atoms with Gasteiger partial charge in [-0.25, -0.2) is 8.42 Å². The summed E-state index contributed by atoms with van der Waals surface area (Å²) in [6.45, 7) is 0.983. The van der Waals surface area contributed by atoms with Crippen LogP contribution in [-0.2, 0) is 21.1 Å². The average molecular weight is 308 g/mol. The summed E-state index contributed by atoms with van der Waals surface area (Å²) in [5.41, 5.74) is 8.22. The fourth-order valence-electron chi connectivity index (χ4n) is 3.39. The molecule has 0 saturated carbocycles. The highest BCUT2D eigenvalue weighted by molar-refractivity contribution is 7.91. The summed E-state index contributed by atoms with van der Waals surface area (Å²) in [5.74, 6) is -0.335. The van der Waals surface area contributed by atoms with Gasteiger partial charge in [0.25, 0.3) is 0 Å². The van der Waals surface area contributed by atoms with Gasteiger partial charge in [-0.1, -0.05) is 24.3 Å². The molecule has 1 aromatic carbocycles. The molecular formula is C15H20N2O3S. The van der Waals surface area contributed by atoms with Gasteiger partial charge in [0.1, 0.15) is 0 Å². The average Bonchev–Trinajstić information content (AvgIpc) is 2.85. The topological polar surface area (TPSA) is 80.5 Å². The van der Waals surface area contributed by atoms with Gasteiger partial charge < -0.3 is 10.6 Å². The van der Waals surface area contributed by atoms with Crippen molar-refractivity contribution in [1.29, 1.82) is 0 Å². The van der Waals surface area contributed by atoms with Gasteiger partial charge in [0.2, 0.25) is 5.91 Å². The van der Waals surface area contributed by atoms with Crippen LogP contribution in [0.25, 0.3) is 0 Å². The lowest BCUT2D eigenvalue weighted by Gasteiger charge is -2.38. The number of hydrogen-bond acceptors (Lipinski definition) is 4. The minimum absolute atomic E-state index is 0.0126. The SMILES string of the molecule is NCC1c2ccccc2CCN1C(=O)C1CCS(=O)(=O)C1. The van der Waals surface area contributed by atoms with Crippen molar-refractivity contribution in [2.75, 3.05) is 24.6 Å². The second kappa shape index (κ2) is 5.42. The van der Waals surface area contributed by atoms with Gasteiger partial charge in [0, 0.05) is 13.1 Å². The van der Waals surface area contributed by atoms with Gasteiger partial charge >= 0.3 is 0 Å². The number of nitrogens with two attached hydrogens (primary N) is 1. The molecule has 1 aromatic rings. The van der Waals surface area contributed by atoms with Crippen LogP contribution in [0.2, 0.25) is 0 Å². The van der Waals surface area contributed by atoms with Crippen LogP contribution < -0.4 is 5.73 Å². The predicted molar refractivity (Wildman–Crippen MR) is 80.4 cm³/mol. The number of carbonyl (C=O) groups is 1. The van der Waals surface area contributed by atoms with E-state index in [1.54, 1.807) is 4.90 Å². The maximum absolute atomic E-state index is 12.7. The van der Waals surface area contributed by atoms with Crippen LogP contribution >= 0.6 is 0 Å². The third-order valence-corrected chi connectivity index (χ3v) is 6.27. The molecule has 114 valence electrons. The lowest BCUT2D eigenvalue weighted by Crippen LogP contribution is -2.46. The lowest BCUT2D eigenvalue weighted by molar-refractivity contribution is -0.137. The zero-order chi connectivity index (χ0) is 15.0. The summed E-state index contributed by atoms with van der Waals surface area (Å²) < 4.78 is 23.2. The molecule has 5 nitrogen and oxygen atoms in total. The van der Waals surface area contributed by atoms with Crippen LogP contribution in [0.3, 0.4) is 0 Å². The quantitative estimate of drug-likeness (QED) is 0.863. The van der Waals surface area contributed by atoms with E-state index in [2.05, 4.69) is 6.07 Å². The number of hydrogen-bond donors (Lipinski definition) is 1. The van der Waals surface area contributed by atoms with E-state index < -0.39 is 15.8 Å². The molecule has 1 fully saturated rings. The van der Waals surface area contributed by atoms with Crippen molar-refractivity contribution in [3.05, 3.63) is 35.4 Å². The Bertz CT molecular complexity index is 657. The summed E-state index contributed by atoms with van der Waals surface area (Å²) in [6.07, 6.45) is 1.24. The van der Waals surface area contributed by atoms with Crippen molar-refractivity contribution in [3.63, 3.8) is 0 Å². The van der Waals surface area contributed by atoms with Gasteiger partial charge in [-0.15, -0.1) is 0 Å². The molecule has 2 heterocycles. The molecule has 0 spiro atoms. The lowest BCUT2D eigenvalue weighted by atomic mass is 9.91. The summed E-state index contributed by atoms with van der Waals surface area (Å²) in [7, 11) is -3.04. The second-order valence-electron chi connectivity index (χ2n) is 5.83. The first-order chi connectivity index (χ1) is 10.0. The molecule has 3 rings (SSSR count). The molecule has 6 heteroatoms. The van der Waals surface area contributed by atoms with Crippen LogP contribution in [0.15, 0.2) is 24.3 Å². The molecule has 0 aliphatic carbocycles. The van der Waals surface area contributed by atoms with Gasteiger partial charge in [0.05, 0.1) is 23.5 Å². The summed E-state index contributed by atoms with van der Waals surface area (Å²) in [4.78, 5) is 14.5. The number of rotatable bonds is 2. The Morgan fingerprint density at radius 3 is 2.76 bits per heavy atom. The van der Waals surface area contributed by atoms with Crippen LogP contribution in [0.4, 0.5) is 0 Å². The highest BCUT2D eigenvalue weighted by atomic mass is 32.2. The van der Waals surface area contributed by atoms with Gasteiger partial charge in [-0.3, -0.25) is 4.79 Å². The Labute approximate surface area is 125 Å². The minimum Gasteiger partial charge on any atom is -0.334 e. The molecular weight excluding hydrogens is 288 g/mol. The third-order valence-electron chi connectivity index (χ3n) is 4.50. The molecule has 0 radical (unpaired) electrons. The van der Waals surface area contributed by atoms with E-state index in [4.69, 9.17) is 5.73 Å². The molecule has 21 heavy (non-hydrogen) atoms. The van der Waals surface area contributed by atoms with E-state index in [9.17, 15) is 13.2 Å². The van der Waals surface area contributed by atoms with E-state index in [1.807, 2.05) is 18.2 Å². The predicted octanol–water partition coefficient (Wildman–Crippen LogP) is 0.506. The maximum atomic E-state index is 12.7. The van der Waals surface area contributed by atoms with Crippen LogP contribution in [0.1, 0.15) is 23.6 Å². The second-order valence-corrected chi connectivity index (χ2v) is 8.06. The Kier molecular flexibility index (Phi) is 3.75. The first-order valence-electron chi connectivity index (χ1n) is 7.30. The molecule has 0 aromatic heterocycles. The summed E-state index contributed by atoms with van der Waals surface area (Å²) in [5, 5.41) is 0. The highest BCUT2D eigenvalue weighted by Crippen LogP contribution is 2.32. The Morgan fingerprint density at radius 2 is 2.10 bits per heavy atom. The number of sulfone groups is 1. The van der Waals surface area contributed by atoms with Crippen molar-refractivity contribution in [2.24, 2.45) is 11.7 Å². The fraction of sp³-hybridized carbons (Fsp3) is 0.533. The van der Waals surface area contributed by atoms with E-state index in [0.29, 0.717) is 19.5 Å². The van der Waals surface area contributed by atoms with Crippen molar-refractivity contribution in [2.45, 2.75) is 18.9 Å². The minimum atomic E-state index is -3.04. The zero-order valence-electron chi connectivity index (χ0n) is 11.9. The Morgan fingerprint density at radius 1 is 1.33 bits per heavy atom. The monoisotopic (exact) mass is 308 g/mol. The van der Waals surface area contributed by atoms with Gasteiger partial charge in [-0.05, 0) is 24.0 Å². The molecule has 1 amide bonds. The fourth-order valence-corrected chi connectivity index (χ4v) is 5.13. The molecule has 2 N–H and O–H groups in total. The molecule has 1 saturated heterocycles. The van der Waals surface area contributed by atoms with E-state index in [1.165, 1.54) is 5.56 Å². The van der Waals surface area contributed by atoms with Crippen molar-refractivity contribution < 1.29 is 13.2 Å². The third kappa shape index (κ3) is 2.70. The highest BCUT2D eigenvalue weighted by Gasteiger charge is 2.38. The zero-order valence-corrected chi connectivity index (χ0v) is 12.7. The molecule has 0 bridgehead atoms. The van der Waals surface area contributed by atoms with E-state index in [0.717, 1.165) is 12.0 Å². The van der Waals surface area contributed by atoms with Crippen LogP contribution in [0, 0.1) is 5.92 Å². The van der Waals surface area contributed by atoms with Crippen molar-refractivity contribution >= 4 is 15.7 Å². The summed E-state index contributed by atoms with van der Waals surface area (Å²) >= 11 is 0. The number of carbonyl (C=O) groups excluding carboxylic acids is 1. The molecule has 2 atom stereocenters. The Balaban J connectivity index is 1.85. The van der Waals surface area contributed by atoms with Gasteiger partial charge in [0.15, 0.2) is 9.84 Å².